The minimum atomic E-state index is 0.0165. The molecule has 0 saturated carbocycles. The van der Waals surface area contributed by atoms with Crippen molar-refractivity contribution in [2.75, 3.05) is 13.1 Å². The molecule has 3 nitrogen and oxygen atoms in total. The van der Waals surface area contributed by atoms with E-state index in [9.17, 15) is 4.79 Å². The lowest BCUT2D eigenvalue weighted by Gasteiger charge is -2.10. The van der Waals surface area contributed by atoms with E-state index in [0.717, 1.165) is 36.9 Å². The topological polar surface area (TPSA) is 55.1 Å². The van der Waals surface area contributed by atoms with Crippen molar-refractivity contribution in [3.8, 4) is 0 Å². The average Bonchev–Trinajstić information content (AvgIpc) is 2.35. The normalized spacial score (nSPS) is 10.7. The molecule has 0 heterocycles. The van der Waals surface area contributed by atoms with E-state index in [4.69, 9.17) is 5.73 Å². The maximum atomic E-state index is 12.0. The zero-order valence-electron chi connectivity index (χ0n) is 11.4. The number of amides is 1. The third-order valence-corrected chi connectivity index (χ3v) is 2.92. The van der Waals surface area contributed by atoms with Gasteiger partial charge in [0.1, 0.15) is 0 Å². The zero-order chi connectivity index (χ0) is 13.4. The Morgan fingerprint density at radius 1 is 1.33 bits per heavy atom. The molecular weight excluding hydrogens is 224 g/mol. The fourth-order valence-corrected chi connectivity index (χ4v) is 1.92. The van der Waals surface area contributed by atoms with E-state index >= 15 is 0 Å². The van der Waals surface area contributed by atoms with Crippen molar-refractivity contribution < 1.29 is 4.79 Å². The summed E-state index contributed by atoms with van der Waals surface area (Å²) in [4.78, 5) is 12.0. The van der Waals surface area contributed by atoms with Crippen molar-refractivity contribution >= 4 is 5.91 Å². The highest BCUT2D eigenvalue weighted by molar-refractivity contribution is 5.95. The van der Waals surface area contributed by atoms with E-state index in [1.807, 2.05) is 24.3 Å². The van der Waals surface area contributed by atoms with E-state index in [0.29, 0.717) is 12.5 Å². The molecule has 1 amide bonds. The van der Waals surface area contributed by atoms with Crippen molar-refractivity contribution in [3.63, 3.8) is 0 Å². The molecule has 0 unspecified atom stereocenters. The predicted octanol–water partition coefficient (Wildman–Crippen LogP) is 2.35. The molecule has 18 heavy (non-hydrogen) atoms. The molecule has 0 bridgehead atoms. The SMILES string of the molecule is CC(C)CCCNC(=O)c1ccccc1CCN. The van der Waals surface area contributed by atoms with Crippen LogP contribution in [0.4, 0.5) is 0 Å². The van der Waals surface area contributed by atoms with Gasteiger partial charge in [-0.15, -0.1) is 0 Å². The summed E-state index contributed by atoms with van der Waals surface area (Å²) in [6.45, 7) is 5.70. The Balaban J connectivity index is 2.50. The van der Waals surface area contributed by atoms with Crippen molar-refractivity contribution in [2.24, 2.45) is 11.7 Å². The highest BCUT2D eigenvalue weighted by atomic mass is 16.1. The van der Waals surface area contributed by atoms with Crippen LogP contribution in [0.25, 0.3) is 0 Å². The summed E-state index contributed by atoms with van der Waals surface area (Å²) in [7, 11) is 0. The Labute approximate surface area is 110 Å². The van der Waals surface area contributed by atoms with Crippen LogP contribution < -0.4 is 11.1 Å². The zero-order valence-corrected chi connectivity index (χ0v) is 11.4. The van der Waals surface area contributed by atoms with Crippen LogP contribution in [0, 0.1) is 5.92 Å². The highest BCUT2D eigenvalue weighted by Crippen LogP contribution is 2.09. The van der Waals surface area contributed by atoms with Gasteiger partial charge in [0, 0.05) is 12.1 Å². The summed E-state index contributed by atoms with van der Waals surface area (Å²) in [5, 5.41) is 2.97. The number of nitrogens with two attached hydrogens (primary N) is 1. The van der Waals surface area contributed by atoms with E-state index in [2.05, 4.69) is 19.2 Å². The first kappa shape index (κ1) is 14.7. The summed E-state index contributed by atoms with van der Waals surface area (Å²) in [5.74, 6) is 0.703. The predicted molar refractivity (Wildman–Crippen MR) is 75.6 cm³/mol. The second-order valence-corrected chi connectivity index (χ2v) is 4.99. The van der Waals surface area contributed by atoms with Crippen LogP contribution in [0.1, 0.15) is 42.6 Å². The summed E-state index contributed by atoms with van der Waals surface area (Å²) in [5.41, 5.74) is 7.34. The van der Waals surface area contributed by atoms with Gasteiger partial charge in [0.2, 0.25) is 0 Å². The average molecular weight is 248 g/mol. The molecule has 0 atom stereocenters. The Hall–Kier alpha value is -1.35. The van der Waals surface area contributed by atoms with E-state index in [1.54, 1.807) is 0 Å². The third kappa shape index (κ3) is 4.88. The number of hydrogen-bond donors (Lipinski definition) is 2. The fourth-order valence-electron chi connectivity index (χ4n) is 1.92. The van der Waals surface area contributed by atoms with Crippen LogP contribution in [0.5, 0.6) is 0 Å². The number of carbonyl (C=O) groups is 1. The first-order valence-corrected chi connectivity index (χ1v) is 6.71. The van der Waals surface area contributed by atoms with Crippen LogP contribution in [0.15, 0.2) is 24.3 Å². The first-order valence-electron chi connectivity index (χ1n) is 6.71. The summed E-state index contributed by atoms with van der Waals surface area (Å²) < 4.78 is 0. The van der Waals surface area contributed by atoms with E-state index in [-0.39, 0.29) is 5.91 Å². The minimum absolute atomic E-state index is 0.0165. The van der Waals surface area contributed by atoms with Crippen molar-refractivity contribution in [2.45, 2.75) is 33.1 Å². The van der Waals surface area contributed by atoms with Gasteiger partial charge in [-0.25, -0.2) is 0 Å². The second kappa shape index (κ2) is 7.88. The standard InChI is InChI=1S/C15H24N2O/c1-12(2)6-5-11-17-15(18)14-8-4-3-7-13(14)9-10-16/h3-4,7-8,12H,5-6,9-11,16H2,1-2H3,(H,17,18). The van der Waals surface area contributed by atoms with Crippen LogP contribution in [0.2, 0.25) is 0 Å². The number of rotatable bonds is 7. The van der Waals surface area contributed by atoms with Gasteiger partial charge in [-0.2, -0.15) is 0 Å². The summed E-state index contributed by atoms with van der Waals surface area (Å²) >= 11 is 0. The minimum Gasteiger partial charge on any atom is -0.352 e. The molecule has 0 radical (unpaired) electrons. The lowest BCUT2D eigenvalue weighted by molar-refractivity contribution is 0.0951. The molecule has 0 aliphatic heterocycles. The maximum Gasteiger partial charge on any atom is 0.251 e. The molecule has 1 rings (SSSR count). The second-order valence-electron chi connectivity index (χ2n) is 4.99. The summed E-state index contributed by atoms with van der Waals surface area (Å²) in [6.07, 6.45) is 2.92. The lowest BCUT2D eigenvalue weighted by Crippen LogP contribution is -2.26. The molecule has 0 fully saturated rings. The molecule has 0 aliphatic rings. The lowest BCUT2D eigenvalue weighted by atomic mass is 10.0. The van der Waals surface area contributed by atoms with Gasteiger partial charge in [0.05, 0.1) is 0 Å². The van der Waals surface area contributed by atoms with Gasteiger partial charge < -0.3 is 11.1 Å². The van der Waals surface area contributed by atoms with Gasteiger partial charge in [0.25, 0.3) is 5.91 Å². The number of nitrogens with one attached hydrogen (secondary N) is 1. The molecule has 1 aromatic rings. The quantitative estimate of drug-likeness (QED) is 0.728. The van der Waals surface area contributed by atoms with Gasteiger partial charge >= 0.3 is 0 Å². The molecule has 0 aliphatic carbocycles. The third-order valence-electron chi connectivity index (χ3n) is 2.92. The van der Waals surface area contributed by atoms with Crippen LogP contribution in [0.3, 0.4) is 0 Å². The molecular formula is C15H24N2O. The van der Waals surface area contributed by atoms with Gasteiger partial charge in [-0.1, -0.05) is 32.0 Å². The van der Waals surface area contributed by atoms with E-state index in [1.165, 1.54) is 0 Å². The number of hydrogen-bond acceptors (Lipinski definition) is 2. The van der Waals surface area contributed by atoms with Gasteiger partial charge in [-0.05, 0) is 43.4 Å². The smallest absolute Gasteiger partial charge is 0.251 e. The largest absolute Gasteiger partial charge is 0.352 e. The summed E-state index contributed by atoms with van der Waals surface area (Å²) in [6, 6.07) is 7.67. The van der Waals surface area contributed by atoms with Crippen LogP contribution >= 0.6 is 0 Å². The molecule has 0 aromatic heterocycles. The number of benzene rings is 1. The fraction of sp³-hybridized carbons (Fsp3) is 0.533. The molecule has 100 valence electrons. The Morgan fingerprint density at radius 3 is 2.72 bits per heavy atom. The molecule has 1 aromatic carbocycles. The molecule has 3 N–H and O–H groups in total. The Kier molecular flexibility index (Phi) is 6.44. The van der Waals surface area contributed by atoms with Gasteiger partial charge in [-0.3, -0.25) is 4.79 Å². The highest BCUT2D eigenvalue weighted by Gasteiger charge is 2.09. The Morgan fingerprint density at radius 2 is 2.06 bits per heavy atom. The molecule has 3 heteroatoms. The van der Waals surface area contributed by atoms with Crippen LogP contribution in [-0.2, 0) is 6.42 Å². The molecule has 0 spiro atoms. The van der Waals surface area contributed by atoms with E-state index < -0.39 is 0 Å². The van der Waals surface area contributed by atoms with Crippen molar-refractivity contribution in [1.82, 2.24) is 5.32 Å². The monoisotopic (exact) mass is 248 g/mol. The Bertz CT molecular complexity index is 375. The van der Waals surface area contributed by atoms with Crippen molar-refractivity contribution in [1.29, 1.82) is 0 Å². The molecule has 0 saturated heterocycles. The number of carbonyl (C=O) groups excluding carboxylic acids is 1. The first-order chi connectivity index (χ1) is 8.65. The van der Waals surface area contributed by atoms with Crippen molar-refractivity contribution in [3.05, 3.63) is 35.4 Å². The van der Waals surface area contributed by atoms with Crippen LogP contribution in [-0.4, -0.2) is 19.0 Å². The van der Waals surface area contributed by atoms with Gasteiger partial charge in [0.15, 0.2) is 0 Å². The maximum absolute atomic E-state index is 12.0.